The van der Waals surface area contributed by atoms with Gasteiger partial charge in [0, 0.05) is 5.56 Å². The molecule has 2 nitrogen and oxygen atoms in total. The molecule has 3 heteroatoms. The van der Waals surface area contributed by atoms with Crippen molar-refractivity contribution in [2.24, 2.45) is 0 Å². The maximum absolute atomic E-state index is 10.9. The average molecular weight is 206 g/mol. The quantitative estimate of drug-likeness (QED) is 0.662. The van der Waals surface area contributed by atoms with Crippen LogP contribution in [-0.2, 0) is 6.42 Å². The Kier molecular flexibility index (Phi) is 2.26. The van der Waals surface area contributed by atoms with E-state index in [1.54, 1.807) is 12.1 Å². The van der Waals surface area contributed by atoms with Crippen LogP contribution in [-0.4, -0.2) is 5.24 Å². The molecule has 1 aromatic rings. The van der Waals surface area contributed by atoms with Crippen LogP contribution in [0.5, 0.6) is 0 Å². The molecule has 2 rings (SSSR count). The van der Waals surface area contributed by atoms with Crippen LogP contribution in [0.4, 0.5) is 0 Å². The highest BCUT2D eigenvalue weighted by molar-refractivity contribution is 6.67. The first-order chi connectivity index (χ1) is 6.72. The van der Waals surface area contributed by atoms with Crippen molar-refractivity contribution >= 4 is 16.8 Å². The van der Waals surface area contributed by atoms with Crippen LogP contribution in [0.1, 0.15) is 33.8 Å². The van der Waals surface area contributed by atoms with Crippen LogP contribution in [0, 0.1) is 11.3 Å². The molecule has 0 radical (unpaired) electrons. The summed E-state index contributed by atoms with van der Waals surface area (Å²) in [6.45, 7) is 0. The monoisotopic (exact) mass is 205 g/mol. The van der Waals surface area contributed by atoms with Gasteiger partial charge in [0.15, 0.2) is 0 Å². The third-order valence-corrected chi connectivity index (χ3v) is 2.82. The van der Waals surface area contributed by atoms with Gasteiger partial charge in [-0.25, -0.2) is 0 Å². The normalized spacial score (nSPS) is 18.7. The average Bonchev–Trinajstić information content (AvgIpc) is 2.59. The Balaban J connectivity index is 2.49. The van der Waals surface area contributed by atoms with E-state index >= 15 is 0 Å². The molecule has 0 saturated heterocycles. The molecule has 0 bridgehead atoms. The number of carbonyl (C=O) groups is 1. The summed E-state index contributed by atoms with van der Waals surface area (Å²) >= 11 is 5.37. The number of nitriles is 1. The number of hydrogen-bond donors (Lipinski definition) is 0. The SMILES string of the molecule is N#CC1CCc2ccc(C(=O)Cl)cc21. The third kappa shape index (κ3) is 1.40. The molecule has 0 aromatic heterocycles. The highest BCUT2D eigenvalue weighted by Gasteiger charge is 2.22. The van der Waals surface area contributed by atoms with Crippen molar-refractivity contribution in [1.82, 2.24) is 0 Å². The van der Waals surface area contributed by atoms with E-state index < -0.39 is 5.24 Å². The number of halogens is 1. The second kappa shape index (κ2) is 3.43. The number of fused-ring (bicyclic) bond motifs is 1. The lowest BCUT2D eigenvalue weighted by molar-refractivity contribution is 0.108. The molecule has 1 aromatic carbocycles. The molecule has 0 N–H and O–H groups in total. The molecular formula is C11H8ClNO. The van der Waals surface area contributed by atoms with Crippen molar-refractivity contribution in [2.45, 2.75) is 18.8 Å². The lowest BCUT2D eigenvalue weighted by Crippen LogP contribution is -1.94. The Morgan fingerprint density at radius 2 is 2.36 bits per heavy atom. The van der Waals surface area contributed by atoms with E-state index in [4.69, 9.17) is 16.9 Å². The van der Waals surface area contributed by atoms with Crippen molar-refractivity contribution in [1.29, 1.82) is 5.26 Å². The fraction of sp³-hybridized carbons (Fsp3) is 0.273. The fourth-order valence-corrected chi connectivity index (χ4v) is 1.98. The van der Waals surface area contributed by atoms with Gasteiger partial charge in [0.2, 0.25) is 0 Å². The highest BCUT2D eigenvalue weighted by atomic mass is 35.5. The molecule has 0 fully saturated rings. The molecule has 0 amide bonds. The lowest BCUT2D eigenvalue weighted by atomic mass is 10.0. The van der Waals surface area contributed by atoms with E-state index in [1.165, 1.54) is 5.56 Å². The van der Waals surface area contributed by atoms with Gasteiger partial charge in [-0.2, -0.15) is 5.26 Å². The van der Waals surface area contributed by atoms with E-state index in [0.717, 1.165) is 18.4 Å². The molecule has 1 aliphatic rings. The van der Waals surface area contributed by atoms with Gasteiger partial charge in [-0.05, 0) is 47.7 Å². The summed E-state index contributed by atoms with van der Waals surface area (Å²) in [5, 5.41) is 8.41. The first kappa shape index (κ1) is 9.23. The van der Waals surface area contributed by atoms with Gasteiger partial charge in [-0.1, -0.05) is 6.07 Å². The Bertz CT molecular complexity index is 433. The summed E-state index contributed by atoms with van der Waals surface area (Å²) in [5.41, 5.74) is 2.62. The molecule has 0 saturated carbocycles. The van der Waals surface area contributed by atoms with Crippen LogP contribution in [0.3, 0.4) is 0 Å². The van der Waals surface area contributed by atoms with Crippen LogP contribution in [0.15, 0.2) is 18.2 Å². The van der Waals surface area contributed by atoms with Crippen LogP contribution >= 0.6 is 11.6 Å². The van der Waals surface area contributed by atoms with E-state index in [2.05, 4.69) is 6.07 Å². The number of carbonyl (C=O) groups excluding carboxylic acids is 1. The smallest absolute Gasteiger partial charge is 0.252 e. The predicted octanol–water partition coefficient (Wildman–Crippen LogP) is 2.62. The Labute approximate surface area is 87.1 Å². The summed E-state index contributed by atoms with van der Waals surface area (Å²) in [6, 6.07) is 7.58. The van der Waals surface area contributed by atoms with E-state index in [-0.39, 0.29) is 5.92 Å². The van der Waals surface area contributed by atoms with Crippen molar-refractivity contribution in [3.05, 3.63) is 34.9 Å². The molecule has 1 aliphatic carbocycles. The number of rotatable bonds is 1. The fourth-order valence-electron chi connectivity index (χ4n) is 1.86. The van der Waals surface area contributed by atoms with Crippen molar-refractivity contribution in [2.75, 3.05) is 0 Å². The third-order valence-electron chi connectivity index (χ3n) is 2.61. The Hall–Kier alpha value is -1.33. The minimum Gasteiger partial charge on any atom is -0.276 e. The summed E-state index contributed by atoms with van der Waals surface area (Å²) in [5.74, 6) is -0.0685. The van der Waals surface area contributed by atoms with E-state index in [1.807, 2.05) is 6.07 Å². The van der Waals surface area contributed by atoms with Crippen molar-refractivity contribution < 1.29 is 4.79 Å². The summed E-state index contributed by atoms with van der Waals surface area (Å²) in [6.07, 6.45) is 1.77. The maximum Gasteiger partial charge on any atom is 0.252 e. The molecule has 0 heterocycles. The topological polar surface area (TPSA) is 40.9 Å². The van der Waals surface area contributed by atoms with Gasteiger partial charge < -0.3 is 0 Å². The molecule has 1 atom stereocenters. The molecule has 1 unspecified atom stereocenters. The minimum atomic E-state index is -0.462. The number of aryl methyl sites for hydroxylation is 1. The van der Waals surface area contributed by atoms with Crippen molar-refractivity contribution in [3.8, 4) is 6.07 Å². The summed E-state index contributed by atoms with van der Waals surface area (Å²) in [4.78, 5) is 10.9. The lowest BCUT2D eigenvalue weighted by Gasteiger charge is -2.03. The van der Waals surface area contributed by atoms with Gasteiger partial charge in [-0.3, -0.25) is 4.79 Å². The van der Waals surface area contributed by atoms with E-state index in [0.29, 0.717) is 5.56 Å². The first-order valence-corrected chi connectivity index (χ1v) is 4.82. The van der Waals surface area contributed by atoms with Gasteiger partial charge in [0.05, 0.1) is 12.0 Å². The van der Waals surface area contributed by atoms with Gasteiger partial charge in [-0.15, -0.1) is 0 Å². The number of hydrogen-bond acceptors (Lipinski definition) is 2. The standard InChI is InChI=1S/C11H8ClNO/c12-11(14)8-3-1-7-2-4-9(6-13)10(7)5-8/h1,3,5,9H,2,4H2. The molecule has 14 heavy (non-hydrogen) atoms. The van der Waals surface area contributed by atoms with Gasteiger partial charge in [0.1, 0.15) is 0 Å². The van der Waals surface area contributed by atoms with Crippen LogP contribution < -0.4 is 0 Å². The Morgan fingerprint density at radius 1 is 1.57 bits per heavy atom. The maximum atomic E-state index is 10.9. The largest absolute Gasteiger partial charge is 0.276 e. The molecule has 0 spiro atoms. The van der Waals surface area contributed by atoms with Gasteiger partial charge in [0.25, 0.3) is 5.24 Å². The van der Waals surface area contributed by atoms with Gasteiger partial charge >= 0.3 is 0 Å². The minimum absolute atomic E-state index is 0.0685. The molecule has 0 aliphatic heterocycles. The zero-order chi connectivity index (χ0) is 10.1. The summed E-state index contributed by atoms with van der Waals surface area (Å²) in [7, 11) is 0. The molecular weight excluding hydrogens is 198 g/mol. The van der Waals surface area contributed by atoms with E-state index in [9.17, 15) is 4.79 Å². The first-order valence-electron chi connectivity index (χ1n) is 4.44. The highest BCUT2D eigenvalue weighted by Crippen LogP contribution is 2.33. The second-order valence-electron chi connectivity index (χ2n) is 3.41. The molecule has 70 valence electrons. The zero-order valence-corrected chi connectivity index (χ0v) is 8.21. The summed E-state index contributed by atoms with van der Waals surface area (Å²) < 4.78 is 0. The van der Waals surface area contributed by atoms with Crippen LogP contribution in [0.2, 0.25) is 0 Å². The van der Waals surface area contributed by atoms with Crippen molar-refractivity contribution in [3.63, 3.8) is 0 Å². The zero-order valence-electron chi connectivity index (χ0n) is 7.46. The predicted molar refractivity (Wildman–Crippen MR) is 53.3 cm³/mol. The number of nitrogens with zero attached hydrogens (tertiary/aromatic N) is 1. The second-order valence-corrected chi connectivity index (χ2v) is 3.75. The number of benzene rings is 1. The van der Waals surface area contributed by atoms with Crippen LogP contribution in [0.25, 0.3) is 0 Å². The Morgan fingerprint density at radius 3 is 3.00 bits per heavy atom.